The molecule has 1 amide bonds. The zero-order valence-corrected chi connectivity index (χ0v) is 13.7. The van der Waals surface area contributed by atoms with Crippen molar-refractivity contribution in [1.82, 2.24) is 15.5 Å². The maximum atomic E-state index is 12.5. The van der Waals surface area contributed by atoms with Crippen molar-refractivity contribution >= 4 is 17.5 Å². The van der Waals surface area contributed by atoms with E-state index >= 15 is 0 Å². The van der Waals surface area contributed by atoms with Gasteiger partial charge >= 0.3 is 0 Å². The molecule has 0 bridgehead atoms. The Bertz CT molecular complexity index is 886. The predicted octanol–water partition coefficient (Wildman–Crippen LogP) is 4.15. The van der Waals surface area contributed by atoms with Crippen LogP contribution < -0.4 is 5.32 Å². The molecule has 0 aliphatic heterocycles. The third-order valence-electron chi connectivity index (χ3n) is 4.40. The number of hydrogen-bond acceptors (Lipinski definition) is 2. The summed E-state index contributed by atoms with van der Waals surface area (Å²) >= 11 is 5.90. The van der Waals surface area contributed by atoms with E-state index in [1.165, 1.54) is 11.1 Å². The van der Waals surface area contributed by atoms with Crippen molar-refractivity contribution in [2.24, 2.45) is 0 Å². The smallest absolute Gasteiger partial charge is 0.269 e. The minimum Gasteiger partial charge on any atom is -0.344 e. The van der Waals surface area contributed by atoms with Gasteiger partial charge in [0.1, 0.15) is 5.69 Å². The van der Waals surface area contributed by atoms with E-state index in [2.05, 4.69) is 27.6 Å². The van der Waals surface area contributed by atoms with E-state index in [4.69, 9.17) is 11.6 Å². The first-order chi connectivity index (χ1) is 11.7. The number of amides is 1. The zero-order valence-electron chi connectivity index (χ0n) is 12.9. The number of nitrogens with one attached hydrogen (secondary N) is 2. The molecule has 3 aromatic rings. The normalized spacial score (nSPS) is 16.0. The number of fused-ring (bicyclic) bond motifs is 1. The molecular weight excluding hydrogens is 322 g/mol. The molecule has 2 N–H and O–H groups in total. The predicted molar refractivity (Wildman–Crippen MR) is 94.0 cm³/mol. The van der Waals surface area contributed by atoms with Gasteiger partial charge in [-0.2, -0.15) is 5.10 Å². The Hall–Kier alpha value is -2.59. The molecule has 24 heavy (non-hydrogen) atoms. The molecule has 1 aliphatic carbocycles. The van der Waals surface area contributed by atoms with E-state index in [-0.39, 0.29) is 11.9 Å². The SMILES string of the molecule is O=C(N[C@H]1CCc2ccccc21)c1cc(-c2ccc(Cl)cc2)n[nH]1. The molecule has 0 radical (unpaired) electrons. The fourth-order valence-corrected chi connectivity index (χ4v) is 3.28. The van der Waals surface area contributed by atoms with Crippen LogP contribution in [0.3, 0.4) is 0 Å². The van der Waals surface area contributed by atoms with E-state index in [0.29, 0.717) is 10.7 Å². The van der Waals surface area contributed by atoms with Gasteiger partial charge in [-0.1, -0.05) is 48.0 Å². The number of carbonyl (C=O) groups is 1. The molecule has 5 heteroatoms. The Balaban J connectivity index is 1.51. The molecule has 0 saturated heterocycles. The summed E-state index contributed by atoms with van der Waals surface area (Å²) in [4.78, 5) is 12.5. The fourth-order valence-electron chi connectivity index (χ4n) is 3.15. The Morgan fingerprint density at radius 3 is 2.79 bits per heavy atom. The highest BCUT2D eigenvalue weighted by Crippen LogP contribution is 2.31. The van der Waals surface area contributed by atoms with Crippen molar-refractivity contribution in [3.8, 4) is 11.3 Å². The van der Waals surface area contributed by atoms with Crippen molar-refractivity contribution in [2.45, 2.75) is 18.9 Å². The first-order valence-electron chi connectivity index (χ1n) is 7.91. The lowest BCUT2D eigenvalue weighted by Gasteiger charge is -2.13. The molecule has 1 heterocycles. The molecule has 1 aromatic heterocycles. The maximum absolute atomic E-state index is 12.5. The minimum absolute atomic E-state index is 0.0657. The lowest BCUT2D eigenvalue weighted by Crippen LogP contribution is -2.27. The van der Waals surface area contributed by atoms with Crippen molar-refractivity contribution in [2.75, 3.05) is 0 Å². The first kappa shape index (κ1) is 15.0. The number of H-pyrrole nitrogens is 1. The van der Waals surface area contributed by atoms with Crippen LogP contribution in [0.25, 0.3) is 11.3 Å². The monoisotopic (exact) mass is 337 g/mol. The molecule has 2 aromatic carbocycles. The van der Waals surface area contributed by atoms with Crippen LogP contribution in [0.1, 0.15) is 34.1 Å². The molecule has 0 fully saturated rings. The van der Waals surface area contributed by atoms with Crippen molar-refractivity contribution in [3.63, 3.8) is 0 Å². The summed E-state index contributed by atoms with van der Waals surface area (Å²) < 4.78 is 0. The van der Waals surface area contributed by atoms with Gasteiger partial charge in [0.25, 0.3) is 5.91 Å². The lowest BCUT2D eigenvalue weighted by atomic mass is 10.1. The number of aryl methyl sites for hydroxylation is 1. The van der Waals surface area contributed by atoms with Crippen LogP contribution in [0.5, 0.6) is 0 Å². The summed E-state index contributed by atoms with van der Waals surface area (Å²) in [6.45, 7) is 0. The number of carbonyl (C=O) groups excluding carboxylic acids is 1. The van der Waals surface area contributed by atoms with Gasteiger partial charge in [-0.05, 0) is 42.2 Å². The number of aromatic nitrogens is 2. The highest BCUT2D eigenvalue weighted by Gasteiger charge is 2.24. The Morgan fingerprint density at radius 1 is 1.17 bits per heavy atom. The second-order valence-corrected chi connectivity index (χ2v) is 6.37. The van der Waals surface area contributed by atoms with Crippen LogP contribution in [0.15, 0.2) is 54.6 Å². The molecule has 4 rings (SSSR count). The highest BCUT2D eigenvalue weighted by atomic mass is 35.5. The number of benzene rings is 2. The van der Waals surface area contributed by atoms with E-state index in [1.807, 2.05) is 24.3 Å². The van der Waals surface area contributed by atoms with E-state index in [1.54, 1.807) is 18.2 Å². The second kappa shape index (κ2) is 6.13. The summed E-state index contributed by atoms with van der Waals surface area (Å²) in [5.74, 6) is -0.135. The van der Waals surface area contributed by atoms with Gasteiger partial charge < -0.3 is 5.32 Å². The number of hydrogen-bond donors (Lipinski definition) is 2. The third-order valence-corrected chi connectivity index (χ3v) is 4.65. The van der Waals surface area contributed by atoms with Gasteiger partial charge in [-0.3, -0.25) is 9.89 Å². The quantitative estimate of drug-likeness (QED) is 0.754. The summed E-state index contributed by atoms with van der Waals surface area (Å²) in [7, 11) is 0. The third kappa shape index (κ3) is 2.81. The van der Waals surface area contributed by atoms with Gasteiger partial charge in [0, 0.05) is 10.6 Å². The summed E-state index contributed by atoms with van der Waals surface area (Å²) in [5, 5.41) is 10.8. The maximum Gasteiger partial charge on any atom is 0.269 e. The van der Waals surface area contributed by atoms with Gasteiger partial charge in [-0.25, -0.2) is 0 Å². The van der Waals surface area contributed by atoms with E-state index in [0.717, 1.165) is 24.1 Å². The summed E-state index contributed by atoms with van der Waals surface area (Å²) in [5.41, 5.74) is 4.63. The Morgan fingerprint density at radius 2 is 1.96 bits per heavy atom. The first-order valence-corrected chi connectivity index (χ1v) is 8.28. The molecular formula is C19H16ClN3O. The van der Waals surface area contributed by atoms with Crippen LogP contribution in [0, 0.1) is 0 Å². The second-order valence-electron chi connectivity index (χ2n) is 5.94. The molecule has 1 aliphatic rings. The van der Waals surface area contributed by atoms with Crippen LogP contribution in [0.4, 0.5) is 0 Å². The van der Waals surface area contributed by atoms with Gasteiger partial charge in [0.15, 0.2) is 0 Å². The van der Waals surface area contributed by atoms with Crippen LogP contribution in [-0.4, -0.2) is 16.1 Å². The largest absolute Gasteiger partial charge is 0.344 e. The van der Waals surface area contributed by atoms with Crippen LogP contribution in [-0.2, 0) is 6.42 Å². The van der Waals surface area contributed by atoms with Gasteiger partial charge in [0.05, 0.1) is 11.7 Å². The van der Waals surface area contributed by atoms with Crippen molar-refractivity contribution < 1.29 is 4.79 Å². The number of nitrogens with zero attached hydrogens (tertiary/aromatic N) is 1. The minimum atomic E-state index is -0.135. The average molecular weight is 338 g/mol. The Labute approximate surface area is 144 Å². The Kier molecular flexibility index (Phi) is 3.82. The molecule has 4 nitrogen and oxygen atoms in total. The summed E-state index contributed by atoms with van der Waals surface area (Å²) in [6, 6.07) is 17.5. The number of aromatic amines is 1. The number of rotatable bonds is 3. The van der Waals surface area contributed by atoms with Gasteiger partial charge in [-0.15, -0.1) is 0 Å². The highest BCUT2D eigenvalue weighted by molar-refractivity contribution is 6.30. The van der Waals surface area contributed by atoms with E-state index < -0.39 is 0 Å². The topological polar surface area (TPSA) is 57.8 Å². The standard InChI is InChI=1S/C19H16ClN3O/c20-14-8-5-13(6-9-14)17-11-18(23-22-17)19(24)21-16-10-7-12-3-1-2-4-15(12)16/h1-6,8-9,11,16H,7,10H2,(H,21,24)(H,22,23)/t16-/m0/s1. The van der Waals surface area contributed by atoms with Crippen LogP contribution >= 0.6 is 11.6 Å². The number of halogens is 1. The molecule has 0 spiro atoms. The molecule has 0 saturated carbocycles. The van der Waals surface area contributed by atoms with Crippen molar-refractivity contribution in [3.05, 3.63) is 76.4 Å². The average Bonchev–Trinajstić information content (AvgIpc) is 3.23. The fraction of sp³-hybridized carbons (Fsp3) is 0.158. The molecule has 120 valence electrons. The summed E-state index contributed by atoms with van der Waals surface area (Å²) in [6.07, 6.45) is 1.93. The van der Waals surface area contributed by atoms with Gasteiger partial charge in [0.2, 0.25) is 0 Å². The van der Waals surface area contributed by atoms with E-state index in [9.17, 15) is 4.79 Å². The molecule has 0 unspecified atom stereocenters. The lowest BCUT2D eigenvalue weighted by molar-refractivity contribution is 0.0931. The molecule has 1 atom stereocenters. The van der Waals surface area contributed by atoms with Crippen LogP contribution in [0.2, 0.25) is 5.02 Å². The van der Waals surface area contributed by atoms with Crippen molar-refractivity contribution in [1.29, 1.82) is 0 Å². The zero-order chi connectivity index (χ0) is 16.5.